The van der Waals surface area contributed by atoms with E-state index in [1.54, 1.807) is 17.9 Å². The van der Waals surface area contributed by atoms with E-state index in [-0.39, 0.29) is 48.4 Å². The van der Waals surface area contributed by atoms with Crippen LogP contribution in [0.25, 0.3) is 11.7 Å². The Bertz CT molecular complexity index is 1390. The molecule has 0 bridgehead atoms. The van der Waals surface area contributed by atoms with Crippen LogP contribution in [0.4, 0.5) is 8.78 Å². The average molecular weight is 547 g/mol. The van der Waals surface area contributed by atoms with E-state index in [9.17, 15) is 28.3 Å². The topological polar surface area (TPSA) is 112 Å². The normalized spacial score (nSPS) is 22.1. The fourth-order valence-electron chi connectivity index (χ4n) is 5.57. The van der Waals surface area contributed by atoms with Gasteiger partial charge in [0, 0.05) is 68.8 Å². The van der Waals surface area contributed by atoms with Crippen molar-refractivity contribution in [3.63, 3.8) is 0 Å². The summed E-state index contributed by atoms with van der Waals surface area (Å²) in [5.74, 6) is -3.79. The minimum atomic E-state index is -2.58. The summed E-state index contributed by atoms with van der Waals surface area (Å²) < 4.78 is 29.3. The first-order chi connectivity index (χ1) is 18.4. The van der Waals surface area contributed by atoms with Gasteiger partial charge in [-0.2, -0.15) is 9.61 Å². The molecule has 2 aliphatic carbocycles. The van der Waals surface area contributed by atoms with Crippen molar-refractivity contribution in [2.75, 3.05) is 19.6 Å². The molecule has 3 heterocycles. The van der Waals surface area contributed by atoms with Crippen LogP contribution in [0, 0.1) is 12.8 Å². The van der Waals surface area contributed by atoms with Gasteiger partial charge in [0.25, 0.3) is 17.4 Å². The van der Waals surface area contributed by atoms with Crippen molar-refractivity contribution in [1.82, 2.24) is 29.3 Å². The van der Waals surface area contributed by atoms with Crippen LogP contribution < -0.4 is 10.9 Å². The minimum Gasteiger partial charge on any atom is -0.494 e. The quantitative estimate of drug-likeness (QED) is 0.516. The third-order valence-electron chi connectivity index (χ3n) is 7.83. The summed E-state index contributed by atoms with van der Waals surface area (Å²) in [6.45, 7) is 9.32. The minimum absolute atomic E-state index is 0.00771. The zero-order chi connectivity index (χ0) is 28.2. The van der Waals surface area contributed by atoms with Gasteiger partial charge < -0.3 is 15.3 Å². The van der Waals surface area contributed by atoms with E-state index in [2.05, 4.69) is 10.4 Å². The number of nitrogens with zero attached hydrogens (tertiary/aromatic N) is 5. The molecule has 2 N–H and O–H groups in total. The maximum absolute atomic E-state index is 13.3. The summed E-state index contributed by atoms with van der Waals surface area (Å²) in [6, 6.07) is -0.280. The molecule has 2 saturated carbocycles. The van der Waals surface area contributed by atoms with Gasteiger partial charge in [-0.3, -0.25) is 23.9 Å². The van der Waals surface area contributed by atoms with Crippen LogP contribution in [-0.4, -0.2) is 84.6 Å². The number of aromatic nitrogens is 3. The summed E-state index contributed by atoms with van der Waals surface area (Å²) in [6.07, 6.45) is 4.42. The van der Waals surface area contributed by atoms with Gasteiger partial charge in [0.1, 0.15) is 5.65 Å². The summed E-state index contributed by atoms with van der Waals surface area (Å²) in [5.41, 5.74) is 0.200. The second-order valence-corrected chi connectivity index (χ2v) is 11.6. The second kappa shape index (κ2) is 10.0. The first-order valence-electron chi connectivity index (χ1n) is 13.6. The molecule has 39 heavy (non-hydrogen) atoms. The number of aromatic hydroxyl groups is 1. The highest BCUT2D eigenvalue weighted by Crippen LogP contribution is 2.41. The van der Waals surface area contributed by atoms with E-state index in [1.807, 2.05) is 25.7 Å². The molecule has 2 aromatic rings. The van der Waals surface area contributed by atoms with E-state index in [1.165, 1.54) is 10.6 Å². The zero-order valence-corrected chi connectivity index (χ0v) is 22.8. The number of rotatable bonds is 7. The van der Waals surface area contributed by atoms with Gasteiger partial charge in [0.2, 0.25) is 11.8 Å². The van der Waals surface area contributed by atoms with E-state index in [0.717, 1.165) is 17.4 Å². The molecule has 2 amide bonds. The number of nitrogens with one attached hydrogen (secondary N) is 1. The third-order valence-corrected chi connectivity index (χ3v) is 7.83. The molecule has 1 atom stereocenters. The van der Waals surface area contributed by atoms with E-state index in [4.69, 9.17) is 0 Å². The smallest absolute Gasteiger partial charge is 0.291 e. The largest absolute Gasteiger partial charge is 0.494 e. The maximum atomic E-state index is 13.3. The Balaban J connectivity index is 1.42. The van der Waals surface area contributed by atoms with Crippen molar-refractivity contribution in [3.8, 4) is 5.88 Å². The zero-order valence-electron chi connectivity index (χ0n) is 22.8. The van der Waals surface area contributed by atoms with Crippen LogP contribution in [-0.2, 0) is 11.3 Å². The fraction of sp³-hybridized carbons (Fsp3) is 0.630. The van der Waals surface area contributed by atoms with E-state index in [0.29, 0.717) is 43.1 Å². The van der Waals surface area contributed by atoms with Crippen molar-refractivity contribution in [2.45, 2.75) is 84.0 Å². The Morgan fingerprint density at radius 2 is 1.92 bits per heavy atom. The number of aryl methyl sites for hydroxylation is 1. The molecule has 0 radical (unpaired) electrons. The van der Waals surface area contributed by atoms with Crippen LogP contribution in [0.3, 0.4) is 0 Å². The van der Waals surface area contributed by atoms with Crippen LogP contribution in [0.2, 0.25) is 0 Å². The van der Waals surface area contributed by atoms with Gasteiger partial charge in [-0.15, -0.1) is 0 Å². The monoisotopic (exact) mass is 546 g/mol. The summed E-state index contributed by atoms with van der Waals surface area (Å²) in [4.78, 5) is 43.0. The summed E-state index contributed by atoms with van der Waals surface area (Å²) in [5, 5.41) is 18.2. The number of amides is 2. The SMILES string of the molecule is Cc1nn2c(=O)c(C(=O)NC3CC3)c(O)n(CC(C)C)c2c1/C=C/C(=O)N1CCN(C2CC(F)(F)C2)C[C@@H]1C. The van der Waals surface area contributed by atoms with Gasteiger partial charge in [-0.25, -0.2) is 8.78 Å². The fourth-order valence-corrected chi connectivity index (χ4v) is 5.57. The first kappa shape index (κ1) is 27.3. The van der Waals surface area contributed by atoms with Gasteiger partial charge in [-0.1, -0.05) is 13.8 Å². The number of hydrogen-bond acceptors (Lipinski definition) is 6. The molecular weight excluding hydrogens is 510 g/mol. The van der Waals surface area contributed by atoms with Crippen molar-refractivity contribution < 1.29 is 23.5 Å². The summed E-state index contributed by atoms with van der Waals surface area (Å²) in [7, 11) is 0. The molecule has 12 heteroatoms. The molecular formula is C27H36F2N6O4. The molecule has 0 unspecified atom stereocenters. The number of fused-ring (bicyclic) bond motifs is 1. The summed E-state index contributed by atoms with van der Waals surface area (Å²) >= 11 is 0. The highest BCUT2D eigenvalue weighted by Gasteiger charge is 2.48. The highest BCUT2D eigenvalue weighted by molar-refractivity contribution is 5.97. The van der Waals surface area contributed by atoms with Gasteiger partial charge in [0.15, 0.2) is 5.56 Å². The number of carbonyl (C=O) groups is 2. The first-order valence-corrected chi connectivity index (χ1v) is 13.6. The molecule has 1 aliphatic heterocycles. The van der Waals surface area contributed by atoms with Crippen molar-refractivity contribution in [3.05, 3.63) is 33.3 Å². The molecule has 1 saturated heterocycles. The number of hydrogen-bond donors (Lipinski definition) is 2. The molecule has 2 aromatic heterocycles. The standard InChI is InChI=1S/C27H36F2N6O4/c1-15(2)13-34-24-20(17(4)31-35(24)26(39)22(25(34)38)23(37)30-18-5-6-18)7-8-21(36)33-10-9-32(14-16(33)3)19-11-27(28,29)12-19/h7-8,15-16,18-19,38H,5-6,9-14H2,1-4H3,(H,30,37)/b8-7+/t16-/m0/s1. The Morgan fingerprint density at radius 3 is 2.51 bits per heavy atom. The van der Waals surface area contributed by atoms with E-state index < -0.39 is 23.3 Å². The predicted molar refractivity (Wildman–Crippen MR) is 141 cm³/mol. The van der Waals surface area contributed by atoms with Crippen molar-refractivity contribution in [1.29, 1.82) is 0 Å². The van der Waals surface area contributed by atoms with Gasteiger partial charge in [0.05, 0.1) is 5.69 Å². The Kier molecular flexibility index (Phi) is 7.02. The van der Waals surface area contributed by atoms with Crippen LogP contribution in [0.15, 0.2) is 10.9 Å². The van der Waals surface area contributed by atoms with Crippen LogP contribution >= 0.6 is 0 Å². The molecule has 0 spiro atoms. The predicted octanol–water partition coefficient (Wildman–Crippen LogP) is 2.40. The van der Waals surface area contributed by atoms with Crippen molar-refractivity contribution in [2.24, 2.45) is 5.92 Å². The number of piperazine rings is 1. The number of carbonyl (C=O) groups excluding carboxylic acids is 2. The van der Waals surface area contributed by atoms with Crippen LogP contribution in [0.1, 0.15) is 68.1 Å². The van der Waals surface area contributed by atoms with Gasteiger partial charge in [-0.05, 0) is 38.7 Å². The number of halogens is 2. The van der Waals surface area contributed by atoms with Crippen LogP contribution in [0.5, 0.6) is 5.88 Å². The molecule has 212 valence electrons. The lowest BCUT2D eigenvalue weighted by Gasteiger charge is -2.48. The molecule has 10 nitrogen and oxygen atoms in total. The Morgan fingerprint density at radius 1 is 1.23 bits per heavy atom. The maximum Gasteiger partial charge on any atom is 0.291 e. The highest BCUT2D eigenvalue weighted by atomic mass is 19.3. The lowest BCUT2D eigenvalue weighted by atomic mass is 9.86. The molecule has 3 fully saturated rings. The molecule has 3 aliphatic rings. The number of alkyl halides is 2. The van der Waals surface area contributed by atoms with Crippen molar-refractivity contribution >= 4 is 23.5 Å². The average Bonchev–Trinajstić information content (AvgIpc) is 3.58. The van der Waals surface area contributed by atoms with E-state index >= 15 is 0 Å². The third kappa shape index (κ3) is 5.30. The second-order valence-electron chi connectivity index (χ2n) is 11.6. The molecule has 5 rings (SSSR count). The van der Waals surface area contributed by atoms with Gasteiger partial charge >= 0.3 is 0 Å². The Hall–Kier alpha value is -3.28. The molecule has 0 aromatic carbocycles. The Labute approximate surface area is 225 Å². The lowest BCUT2D eigenvalue weighted by Crippen LogP contribution is -2.60. The lowest BCUT2D eigenvalue weighted by molar-refractivity contribution is -0.143.